The zero-order valence-corrected chi connectivity index (χ0v) is 7.24. The van der Waals surface area contributed by atoms with Gasteiger partial charge in [-0.2, -0.15) is 4.57 Å². The lowest BCUT2D eigenvalue weighted by atomic mass is 10.2. The summed E-state index contributed by atoms with van der Waals surface area (Å²) in [7, 11) is 0. The van der Waals surface area contributed by atoms with Gasteiger partial charge in [-0.05, 0) is 19.4 Å². The van der Waals surface area contributed by atoms with Crippen molar-refractivity contribution in [1.82, 2.24) is 4.57 Å². The maximum absolute atomic E-state index is 11.1. The van der Waals surface area contributed by atoms with E-state index >= 15 is 0 Å². The average Bonchev–Trinajstić information content (AvgIpc) is 1.99. The standard InChI is InChI=1S/C8H9NO4/c1-4-3-6(10)9(8(12)13)7(11)5(4)2/h3,11H,1-2H3,(H,12,13). The largest absolute Gasteiger partial charge is 0.494 e. The minimum atomic E-state index is -1.48. The highest BCUT2D eigenvalue weighted by molar-refractivity contribution is 5.70. The fourth-order valence-corrected chi connectivity index (χ4v) is 0.991. The van der Waals surface area contributed by atoms with E-state index in [0.717, 1.165) is 0 Å². The van der Waals surface area contributed by atoms with Crippen molar-refractivity contribution in [2.75, 3.05) is 0 Å². The number of aryl methyl sites for hydroxylation is 1. The molecule has 0 atom stereocenters. The third-order valence-corrected chi connectivity index (χ3v) is 1.89. The van der Waals surface area contributed by atoms with E-state index in [-0.39, 0.29) is 0 Å². The Morgan fingerprint density at radius 2 is 2.00 bits per heavy atom. The van der Waals surface area contributed by atoms with Crippen molar-refractivity contribution in [1.29, 1.82) is 0 Å². The molecule has 0 spiro atoms. The van der Waals surface area contributed by atoms with E-state index in [1.54, 1.807) is 13.8 Å². The lowest BCUT2D eigenvalue weighted by Crippen LogP contribution is -2.26. The van der Waals surface area contributed by atoms with Crippen LogP contribution in [0.5, 0.6) is 5.88 Å². The van der Waals surface area contributed by atoms with Crippen LogP contribution in [0.3, 0.4) is 0 Å². The van der Waals surface area contributed by atoms with Crippen molar-refractivity contribution in [3.8, 4) is 5.88 Å². The summed E-state index contributed by atoms with van der Waals surface area (Å²) in [5.41, 5.74) is 0.218. The quantitative estimate of drug-likeness (QED) is 0.620. The zero-order chi connectivity index (χ0) is 10.2. The summed E-state index contributed by atoms with van der Waals surface area (Å²) in [6.45, 7) is 3.17. The van der Waals surface area contributed by atoms with E-state index < -0.39 is 17.5 Å². The summed E-state index contributed by atoms with van der Waals surface area (Å²) in [6, 6.07) is 1.17. The first-order valence-electron chi connectivity index (χ1n) is 3.60. The van der Waals surface area contributed by atoms with E-state index in [2.05, 4.69) is 0 Å². The van der Waals surface area contributed by atoms with Crippen molar-refractivity contribution in [3.63, 3.8) is 0 Å². The second kappa shape index (κ2) is 2.93. The molecule has 0 fully saturated rings. The molecule has 0 bridgehead atoms. The van der Waals surface area contributed by atoms with Gasteiger partial charge >= 0.3 is 6.09 Å². The summed E-state index contributed by atoms with van der Waals surface area (Å²) in [5.74, 6) is -0.516. The number of carboxylic acid groups (broad SMARTS) is 1. The van der Waals surface area contributed by atoms with E-state index in [1.165, 1.54) is 6.07 Å². The van der Waals surface area contributed by atoms with Crippen LogP contribution in [0.15, 0.2) is 10.9 Å². The molecule has 5 heteroatoms. The Balaban J connectivity index is 3.63. The van der Waals surface area contributed by atoms with Crippen LogP contribution in [0.25, 0.3) is 0 Å². The molecule has 2 N–H and O–H groups in total. The van der Waals surface area contributed by atoms with Crippen LogP contribution in [0, 0.1) is 13.8 Å². The van der Waals surface area contributed by atoms with Crippen molar-refractivity contribution in [2.24, 2.45) is 0 Å². The van der Waals surface area contributed by atoms with Gasteiger partial charge in [0.1, 0.15) is 0 Å². The molecule has 1 heterocycles. The molecule has 1 aromatic heterocycles. The first-order valence-corrected chi connectivity index (χ1v) is 3.60. The van der Waals surface area contributed by atoms with Crippen LogP contribution in [0.2, 0.25) is 0 Å². The van der Waals surface area contributed by atoms with Crippen LogP contribution in [0.4, 0.5) is 4.79 Å². The maximum atomic E-state index is 11.1. The molecule has 0 radical (unpaired) electrons. The molecular weight excluding hydrogens is 174 g/mol. The predicted molar refractivity (Wildman–Crippen MR) is 45.3 cm³/mol. The van der Waals surface area contributed by atoms with Gasteiger partial charge in [-0.3, -0.25) is 4.79 Å². The Labute approximate surface area is 73.9 Å². The van der Waals surface area contributed by atoms with Gasteiger partial charge in [0.15, 0.2) is 0 Å². The lowest BCUT2D eigenvalue weighted by molar-refractivity contribution is 0.191. The molecule has 0 aliphatic rings. The Morgan fingerprint density at radius 3 is 2.46 bits per heavy atom. The summed E-state index contributed by atoms with van der Waals surface area (Å²) in [5, 5.41) is 17.9. The smallest absolute Gasteiger partial charge is 0.421 e. The van der Waals surface area contributed by atoms with Crippen molar-refractivity contribution >= 4 is 6.09 Å². The Morgan fingerprint density at radius 1 is 1.46 bits per heavy atom. The van der Waals surface area contributed by atoms with Crippen LogP contribution in [0.1, 0.15) is 11.1 Å². The molecule has 0 amide bonds. The van der Waals surface area contributed by atoms with Gasteiger partial charge in [0.05, 0.1) is 0 Å². The molecular formula is C8H9NO4. The third-order valence-electron chi connectivity index (χ3n) is 1.89. The van der Waals surface area contributed by atoms with Crippen molar-refractivity contribution in [2.45, 2.75) is 13.8 Å². The fourth-order valence-electron chi connectivity index (χ4n) is 0.991. The van der Waals surface area contributed by atoms with Gasteiger partial charge in [0.2, 0.25) is 5.88 Å². The number of aromatic nitrogens is 1. The Hall–Kier alpha value is -1.78. The Kier molecular flexibility index (Phi) is 2.10. The van der Waals surface area contributed by atoms with Crippen LogP contribution in [-0.2, 0) is 0 Å². The zero-order valence-electron chi connectivity index (χ0n) is 7.24. The topological polar surface area (TPSA) is 79.5 Å². The number of aromatic hydroxyl groups is 1. The molecule has 0 saturated carbocycles. The molecule has 0 aromatic carbocycles. The summed E-state index contributed by atoms with van der Waals surface area (Å²) >= 11 is 0. The van der Waals surface area contributed by atoms with Gasteiger partial charge in [-0.1, -0.05) is 0 Å². The minimum Gasteiger partial charge on any atom is -0.494 e. The maximum Gasteiger partial charge on any atom is 0.421 e. The molecule has 0 unspecified atom stereocenters. The van der Waals surface area contributed by atoms with Gasteiger partial charge < -0.3 is 10.2 Å². The number of hydrogen-bond donors (Lipinski definition) is 2. The molecule has 1 aromatic rings. The third kappa shape index (κ3) is 1.40. The molecule has 0 aliphatic carbocycles. The predicted octanol–water partition coefficient (Wildman–Crippen LogP) is 0.697. The van der Waals surface area contributed by atoms with Crippen LogP contribution < -0.4 is 5.56 Å². The van der Waals surface area contributed by atoms with Gasteiger partial charge in [-0.25, -0.2) is 4.79 Å². The lowest BCUT2D eigenvalue weighted by Gasteiger charge is -2.06. The van der Waals surface area contributed by atoms with Crippen LogP contribution >= 0.6 is 0 Å². The van der Waals surface area contributed by atoms with Crippen LogP contribution in [-0.4, -0.2) is 20.9 Å². The summed E-state index contributed by atoms with van der Waals surface area (Å²) in [4.78, 5) is 21.6. The number of rotatable bonds is 0. The number of pyridine rings is 1. The molecule has 1 rings (SSSR count). The fraction of sp³-hybridized carbons (Fsp3) is 0.250. The SMILES string of the molecule is Cc1cc(=O)n(C(=O)O)c(O)c1C. The average molecular weight is 183 g/mol. The van der Waals surface area contributed by atoms with E-state index in [1.807, 2.05) is 0 Å². The number of nitrogens with zero attached hydrogens (tertiary/aromatic N) is 1. The second-order valence-corrected chi connectivity index (χ2v) is 2.73. The first kappa shape index (κ1) is 9.31. The second-order valence-electron chi connectivity index (χ2n) is 2.73. The van der Waals surface area contributed by atoms with E-state index in [9.17, 15) is 14.7 Å². The van der Waals surface area contributed by atoms with Gasteiger partial charge in [0.25, 0.3) is 5.56 Å². The van der Waals surface area contributed by atoms with Crippen molar-refractivity contribution in [3.05, 3.63) is 27.5 Å². The summed E-state index contributed by atoms with van der Waals surface area (Å²) < 4.78 is 0.308. The van der Waals surface area contributed by atoms with Gasteiger partial charge in [0, 0.05) is 11.6 Å². The molecule has 0 saturated heterocycles. The highest BCUT2D eigenvalue weighted by Crippen LogP contribution is 2.16. The monoisotopic (exact) mass is 183 g/mol. The Bertz CT molecular complexity index is 419. The molecule has 5 nitrogen and oxygen atoms in total. The summed E-state index contributed by atoms with van der Waals surface area (Å²) in [6.07, 6.45) is -1.48. The number of hydrogen-bond acceptors (Lipinski definition) is 3. The molecule has 13 heavy (non-hydrogen) atoms. The van der Waals surface area contributed by atoms with E-state index in [4.69, 9.17) is 5.11 Å². The molecule has 70 valence electrons. The number of carbonyl (C=O) groups is 1. The van der Waals surface area contributed by atoms with E-state index in [0.29, 0.717) is 15.7 Å². The molecule has 0 aliphatic heterocycles. The minimum absolute atomic E-state index is 0.308. The first-order chi connectivity index (χ1) is 5.95. The normalized spacial score (nSPS) is 10.0. The van der Waals surface area contributed by atoms with Crippen molar-refractivity contribution < 1.29 is 15.0 Å². The van der Waals surface area contributed by atoms with Gasteiger partial charge in [-0.15, -0.1) is 0 Å². The highest BCUT2D eigenvalue weighted by atomic mass is 16.4. The highest BCUT2D eigenvalue weighted by Gasteiger charge is 2.13.